The number of ether oxygens (including phenoxy) is 1. The molecular weight excluding hydrogens is 268 g/mol. The number of rotatable bonds is 9. The van der Waals surface area contributed by atoms with Crippen molar-refractivity contribution in [3.63, 3.8) is 0 Å². The zero-order chi connectivity index (χ0) is 15.8. The molecule has 5 atom stereocenters. The van der Waals surface area contributed by atoms with Gasteiger partial charge in [0.15, 0.2) is 0 Å². The molecule has 0 heterocycles. The third-order valence-corrected chi connectivity index (χ3v) is 4.06. The monoisotopic (exact) mass is 296 g/mol. The molecule has 0 saturated heterocycles. The molecule has 0 spiro atoms. The highest BCUT2D eigenvalue weighted by Gasteiger charge is 2.32. The maximum atomic E-state index is 10.3. The Bertz CT molecular complexity index is 382. The lowest BCUT2D eigenvalue weighted by Gasteiger charge is -2.34. The normalized spacial score (nSPS) is 18.8. The molecule has 0 unspecified atom stereocenters. The lowest BCUT2D eigenvalue weighted by molar-refractivity contribution is -0.0891. The van der Waals surface area contributed by atoms with Crippen molar-refractivity contribution in [1.82, 2.24) is 0 Å². The summed E-state index contributed by atoms with van der Waals surface area (Å²) in [6.45, 7) is 6.00. The average Bonchev–Trinajstić information content (AvgIpc) is 2.53. The van der Waals surface area contributed by atoms with Gasteiger partial charge in [0.05, 0.1) is 18.8 Å². The van der Waals surface area contributed by atoms with Gasteiger partial charge in [-0.1, -0.05) is 51.1 Å². The maximum Gasteiger partial charge on any atom is 0.0720 e. The minimum Gasteiger partial charge on any atom is -0.396 e. The molecule has 1 rings (SSSR count). The first-order valence-electron chi connectivity index (χ1n) is 7.56. The third-order valence-electron chi connectivity index (χ3n) is 4.06. The Morgan fingerprint density at radius 1 is 0.952 bits per heavy atom. The van der Waals surface area contributed by atoms with E-state index in [4.69, 9.17) is 4.74 Å². The van der Waals surface area contributed by atoms with Crippen molar-refractivity contribution >= 4 is 0 Å². The SMILES string of the molecule is C[C@@H]([C@H](O)[C@H](C)CO)[C@H](OCc1ccccc1)[C@H](C)CO. The molecule has 0 amide bonds. The van der Waals surface area contributed by atoms with Crippen molar-refractivity contribution in [2.24, 2.45) is 17.8 Å². The van der Waals surface area contributed by atoms with E-state index in [0.29, 0.717) is 6.61 Å². The van der Waals surface area contributed by atoms with Crippen molar-refractivity contribution in [3.8, 4) is 0 Å². The summed E-state index contributed by atoms with van der Waals surface area (Å²) in [5, 5.41) is 28.9. The quantitative estimate of drug-likeness (QED) is 0.650. The Morgan fingerprint density at radius 3 is 2.05 bits per heavy atom. The summed E-state index contributed by atoms with van der Waals surface area (Å²) in [7, 11) is 0. The zero-order valence-electron chi connectivity index (χ0n) is 13.1. The van der Waals surface area contributed by atoms with E-state index in [2.05, 4.69) is 0 Å². The smallest absolute Gasteiger partial charge is 0.0720 e. The molecule has 21 heavy (non-hydrogen) atoms. The molecule has 0 aromatic heterocycles. The molecule has 120 valence electrons. The number of benzene rings is 1. The van der Waals surface area contributed by atoms with E-state index in [9.17, 15) is 15.3 Å². The van der Waals surface area contributed by atoms with Crippen LogP contribution < -0.4 is 0 Å². The highest BCUT2D eigenvalue weighted by molar-refractivity contribution is 5.13. The van der Waals surface area contributed by atoms with Crippen LogP contribution in [-0.2, 0) is 11.3 Å². The van der Waals surface area contributed by atoms with E-state index in [0.717, 1.165) is 5.56 Å². The Kier molecular flexibility index (Phi) is 7.89. The van der Waals surface area contributed by atoms with Gasteiger partial charge >= 0.3 is 0 Å². The molecule has 0 aliphatic heterocycles. The molecule has 0 fully saturated rings. The van der Waals surface area contributed by atoms with Crippen LogP contribution in [0.15, 0.2) is 30.3 Å². The molecule has 1 aromatic carbocycles. The standard InChI is InChI=1S/C17H28O4/c1-12(9-18)16(20)14(3)17(13(2)10-19)21-11-15-7-5-4-6-8-15/h4-8,12-14,16-20H,9-11H2,1-3H3/t12-,13-,14+,16-,17-/m1/s1. The first-order chi connectivity index (χ1) is 10.0. The second-order valence-corrected chi connectivity index (χ2v) is 5.93. The summed E-state index contributed by atoms with van der Waals surface area (Å²) >= 11 is 0. The van der Waals surface area contributed by atoms with E-state index in [1.807, 2.05) is 44.2 Å². The van der Waals surface area contributed by atoms with Crippen molar-refractivity contribution in [2.75, 3.05) is 13.2 Å². The predicted molar refractivity (Wildman–Crippen MR) is 82.7 cm³/mol. The first-order valence-corrected chi connectivity index (χ1v) is 7.56. The fraction of sp³-hybridized carbons (Fsp3) is 0.647. The summed E-state index contributed by atoms with van der Waals surface area (Å²) < 4.78 is 5.96. The van der Waals surface area contributed by atoms with Gasteiger partial charge in [-0.25, -0.2) is 0 Å². The lowest BCUT2D eigenvalue weighted by atomic mass is 9.84. The van der Waals surface area contributed by atoms with Crippen LogP contribution in [-0.4, -0.2) is 40.7 Å². The van der Waals surface area contributed by atoms with Crippen molar-refractivity contribution < 1.29 is 20.1 Å². The van der Waals surface area contributed by atoms with Gasteiger partial charge in [-0.2, -0.15) is 0 Å². The minimum atomic E-state index is -0.662. The highest BCUT2D eigenvalue weighted by Crippen LogP contribution is 2.25. The van der Waals surface area contributed by atoms with Crippen LogP contribution in [0.4, 0.5) is 0 Å². The van der Waals surface area contributed by atoms with Crippen LogP contribution in [0.2, 0.25) is 0 Å². The van der Waals surface area contributed by atoms with Crippen molar-refractivity contribution in [2.45, 2.75) is 39.6 Å². The van der Waals surface area contributed by atoms with Gasteiger partial charge in [-0.15, -0.1) is 0 Å². The molecule has 0 saturated carbocycles. The van der Waals surface area contributed by atoms with Gasteiger partial charge in [0.2, 0.25) is 0 Å². The summed E-state index contributed by atoms with van der Waals surface area (Å²) in [6, 6.07) is 9.83. The highest BCUT2D eigenvalue weighted by atomic mass is 16.5. The van der Waals surface area contributed by atoms with Gasteiger partial charge in [0, 0.05) is 31.0 Å². The fourth-order valence-electron chi connectivity index (χ4n) is 2.53. The number of hydrogen-bond acceptors (Lipinski definition) is 4. The van der Waals surface area contributed by atoms with Gasteiger partial charge in [0.1, 0.15) is 0 Å². The van der Waals surface area contributed by atoms with Crippen molar-refractivity contribution in [3.05, 3.63) is 35.9 Å². The molecule has 0 bridgehead atoms. The van der Waals surface area contributed by atoms with Crippen LogP contribution >= 0.6 is 0 Å². The Morgan fingerprint density at radius 2 is 1.52 bits per heavy atom. The summed E-state index contributed by atoms with van der Waals surface area (Å²) in [4.78, 5) is 0. The molecule has 0 aliphatic carbocycles. The number of hydrogen-bond donors (Lipinski definition) is 3. The van der Waals surface area contributed by atoms with Gasteiger partial charge < -0.3 is 20.1 Å². The zero-order valence-corrected chi connectivity index (χ0v) is 13.1. The summed E-state index contributed by atoms with van der Waals surface area (Å²) in [6.07, 6.45) is -0.927. The lowest BCUT2D eigenvalue weighted by Crippen LogP contribution is -2.41. The average molecular weight is 296 g/mol. The second-order valence-electron chi connectivity index (χ2n) is 5.93. The molecular formula is C17H28O4. The first kappa shape index (κ1) is 18.1. The Labute approximate surface area is 127 Å². The van der Waals surface area contributed by atoms with E-state index in [1.54, 1.807) is 6.92 Å². The number of aliphatic hydroxyl groups excluding tert-OH is 3. The van der Waals surface area contributed by atoms with Gasteiger partial charge in [0.25, 0.3) is 0 Å². The van der Waals surface area contributed by atoms with Crippen molar-refractivity contribution in [1.29, 1.82) is 0 Å². The largest absolute Gasteiger partial charge is 0.396 e. The number of aliphatic hydroxyl groups is 3. The Balaban J connectivity index is 2.71. The van der Waals surface area contributed by atoms with Crippen LogP contribution in [0, 0.1) is 17.8 Å². The third kappa shape index (κ3) is 5.40. The summed E-state index contributed by atoms with van der Waals surface area (Å²) in [5.74, 6) is -0.462. The van der Waals surface area contributed by atoms with Crippen LogP contribution in [0.5, 0.6) is 0 Å². The molecule has 0 aliphatic rings. The van der Waals surface area contributed by atoms with Crippen LogP contribution in [0.3, 0.4) is 0 Å². The van der Waals surface area contributed by atoms with Crippen LogP contribution in [0.1, 0.15) is 26.3 Å². The molecule has 4 heteroatoms. The maximum absolute atomic E-state index is 10.3. The van der Waals surface area contributed by atoms with E-state index >= 15 is 0 Å². The molecule has 4 nitrogen and oxygen atoms in total. The van der Waals surface area contributed by atoms with E-state index in [1.165, 1.54) is 0 Å². The molecule has 1 aromatic rings. The topological polar surface area (TPSA) is 69.9 Å². The molecule has 3 N–H and O–H groups in total. The van der Waals surface area contributed by atoms with Gasteiger partial charge in [-0.05, 0) is 5.56 Å². The van der Waals surface area contributed by atoms with Crippen LogP contribution in [0.25, 0.3) is 0 Å². The minimum absolute atomic E-state index is 0.00399. The van der Waals surface area contributed by atoms with E-state index in [-0.39, 0.29) is 37.1 Å². The predicted octanol–water partition coefficient (Wildman–Crippen LogP) is 1.83. The molecule has 0 radical (unpaired) electrons. The van der Waals surface area contributed by atoms with Gasteiger partial charge in [-0.3, -0.25) is 0 Å². The Hall–Kier alpha value is -0.940. The second kappa shape index (κ2) is 9.15. The van der Waals surface area contributed by atoms with E-state index < -0.39 is 6.10 Å². The summed E-state index contributed by atoms with van der Waals surface area (Å²) in [5.41, 5.74) is 1.06. The fourth-order valence-corrected chi connectivity index (χ4v) is 2.53.